The number of fused-ring (bicyclic) bond motifs is 1. The molecule has 2 aromatic carbocycles. The largest absolute Gasteiger partial charge is 0.482 e. The molecule has 3 aromatic rings. The van der Waals surface area contributed by atoms with Gasteiger partial charge >= 0.3 is 0 Å². The summed E-state index contributed by atoms with van der Waals surface area (Å²) in [6, 6.07) is 17.4. The van der Waals surface area contributed by atoms with Gasteiger partial charge in [0.2, 0.25) is 0 Å². The van der Waals surface area contributed by atoms with Gasteiger partial charge in [0.25, 0.3) is 0 Å². The van der Waals surface area contributed by atoms with Crippen LogP contribution in [0.2, 0.25) is 0 Å². The van der Waals surface area contributed by atoms with Gasteiger partial charge in [0.05, 0.1) is 0 Å². The van der Waals surface area contributed by atoms with E-state index in [0.29, 0.717) is 0 Å². The van der Waals surface area contributed by atoms with E-state index in [1.54, 1.807) is 18.4 Å². The average Bonchev–Trinajstić information content (AvgIpc) is 3.03. The van der Waals surface area contributed by atoms with Crippen LogP contribution in [-0.2, 0) is 0 Å². The summed E-state index contributed by atoms with van der Waals surface area (Å²) in [6.45, 7) is 0.249. The molecule has 114 valence electrons. The summed E-state index contributed by atoms with van der Waals surface area (Å²) in [5, 5.41) is 5.94. The van der Waals surface area contributed by atoms with Gasteiger partial charge in [-0.3, -0.25) is 0 Å². The summed E-state index contributed by atoms with van der Waals surface area (Å²) in [6.07, 6.45) is -1.75. The zero-order chi connectivity index (χ0) is 15.4. The lowest BCUT2D eigenvalue weighted by Crippen LogP contribution is -2.29. The van der Waals surface area contributed by atoms with Crippen LogP contribution in [0.4, 0.5) is 4.39 Å². The molecule has 0 saturated carbocycles. The summed E-state index contributed by atoms with van der Waals surface area (Å²) < 4.78 is 21.8. The maximum atomic E-state index is 14.6. The van der Waals surface area contributed by atoms with Crippen LogP contribution in [0.25, 0.3) is 10.1 Å². The third-order valence-corrected chi connectivity index (χ3v) is 4.45. The summed E-state index contributed by atoms with van der Waals surface area (Å²) in [5.41, 5.74) is 0.845. The first kappa shape index (κ1) is 15.0. The van der Waals surface area contributed by atoms with Crippen LogP contribution < -0.4 is 10.1 Å². The lowest BCUT2D eigenvalue weighted by atomic mass is 10.0. The highest BCUT2D eigenvalue weighted by Crippen LogP contribution is 2.34. The smallest absolute Gasteiger partial charge is 0.156 e. The van der Waals surface area contributed by atoms with Gasteiger partial charge in [0.1, 0.15) is 5.75 Å². The van der Waals surface area contributed by atoms with E-state index < -0.39 is 12.3 Å². The first-order valence-electron chi connectivity index (χ1n) is 7.26. The lowest BCUT2D eigenvalue weighted by Gasteiger charge is -2.23. The fourth-order valence-electron chi connectivity index (χ4n) is 2.50. The van der Waals surface area contributed by atoms with Crippen molar-refractivity contribution in [3.05, 3.63) is 65.5 Å². The number of hydrogen-bond acceptors (Lipinski definition) is 3. The Kier molecular flexibility index (Phi) is 4.71. The second-order valence-electron chi connectivity index (χ2n) is 5.11. The standard InChI is InChI=1S/C18H18FNOS/c1-20-12-15(19)18(13-6-3-2-4-7-13)21-16-8-5-9-17-14(16)10-11-22-17/h2-11,15,18,20H,12H2,1H3/t15-,18-/m0/s1. The van der Waals surface area contributed by atoms with E-state index in [0.717, 1.165) is 21.4 Å². The second kappa shape index (κ2) is 6.90. The number of ether oxygens (including phenoxy) is 1. The minimum atomic E-state index is -1.12. The van der Waals surface area contributed by atoms with Crippen LogP contribution in [-0.4, -0.2) is 19.8 Å². The van der Waals surface area contributed by atoms with E-state index in [9.17, 15) is 4.39 Å². The van der Waals surface area contributed by atoms with E-state index in [2.05, 4.69) is 5.32 Å². The predicted octanol–water partition coefficient (Wildman–Crippen LogP) is 4.58. The average molecular weight is 315 g/mol. The summed E-state index contributed by atoms with van der Waals surface area (Å²) in [5.74, 6) is 0.728. The molecule has 3 rings (SSSR count). The van der Waals surface area contributed by atoms with Gasteiger partial charge in [-0.2, -0.15) is 0 Å². The molecule has 2 nitrogen and oxygen atoms in total. The molecular formula is C18H18FNOS. The Labute approximate surface area is 133 Å². The van der Waals surface area contributed by atoms with Crippen molar-refractivity contribution in [1.82, 2.24) is 5.32 Å². The van der Waals surface area contributed by atoms with Gasteiger partial charge in [-0.15, -0.1) is 11.3 Å². The normalized spacial score (nSPS) is 13.9. The molecule has 0 radical (unpaired) electrons. The topological polar surface area (TPSA) is 21.3 Å². The van der Waals surface area contributed by atoms with E-state index >= 15 is 0 Å². The number of halogens is 1. The van der Waals surface area contributed by atoms with Gasteiger partial charge in [0, 0.05) is 16.6 Å². The Morgan fingerprint density at radius 3 is 2.68 bits per heavy atom. The van der Waals surface area contributed by atoms with Crippen molar-refractivity contribution in [2.45, 2.75) is 12.3 Å². The Bertz CT molecular complexity index is 728. The van der Waals surface area contributed by atoms with Crippen molar-refractivity contribution < 1.29 is 9.13 Å². The highest BCUT2D eigenvalue weighted by molar-refractivity contribution is 7.17. The van der Waals surface area contributed by atoms with Crippen LogP contribution in [0.3, 0.4) is 0 Å². The van der Waals surface area contributed by atoms with E-state index in [1.165, 1.54) is 0 Å². The number of thiophene rings is 1. The van der Waals surface area contributed by atoms with Gasteiger partial charge < -0.3 is 10.1 Å². The maximum Gasteiger partial charge on any atom is 0.156 e. The maximum absolute atomic E-state index is 14.6. The molecule has 0 aliphatic rings. The summed E-state index contributed by atoms with van der Waals surface area (Å²) in [7, 11) is 1.74. The first-order valence-corrected chi connectivity index (χ1v) is 8.14. The minimum absolute atomic E-state index is 0.249. The van der Waals surface area contributed by atoms with Crippen molar-refractivity contribution >= 4 is 21.4 Å². The Morgan fingerprint density at radius 2 is 1.91 bits per heavy atom. The number of nitrogens with one attached hydrogen (secondary N) is 1. The third kappa shape index (κ3) is 3.13. The molecule has 0 fully saturated rings. The molecule has 4 heteroatoms. The highest BCUT2D eigenvalue weighted by Gasteiger charge is 2.25. The quantitative estimate of drug-likeness (QED) is 0.719. The SMILES string of the molecule is CNC[C@H](F)[C@@H](Oc1cccc2sccc12)c1ccccc1. The molecule has 0 spiro atoms. The van der Waals surface area contributed by atoms with E-state index in [4.69, 9.17) is 4.74 Å². The van der Waals surface area contributed by atoms with Crippen molar-refractivity contribution in [2.24, 2.45) is 0 Å². The fraction of sp³-hybridized carbons (Fsp3) is 0.222. The monoisotopic (exact) mass is 315 g/mol. The Morgan fingerprint density at radius 1 is 1.09 bits per heavy atom. The van der Waals surface area contributed by atoms with Gasteiger partial charge in [-0.25, -0.2) is 4.39 Å². The van der Waals surface area contributed by atoms with Crippen LogP contribution in [0.15, 0.2) is 60.0 Å². The van der Waals surface area contributed by atoms with Gasteiger partial charge in [-0.05, 0) is 36.2 Å². The zero-order valence-electron chi connectivity index (χ0n) is 12.3. The Hall–Kier alpha value is -1.91. The van der Waals surface area contributed by atoms with E-state index in [1.807, 2.05) is 60.0 Å². The van der Waals surface area contributed by atoms with Crippen LogP contribution >= 0.6 is 11.3 Å². The highest BCUT2D eigenvalue weighted by atomic mass is 32.1. The lowest BCUT2D eigenvalue weighted by molar-refractivity contribution is 0.102. The summed E-state index contributed by atoms with van der Waals surface area (Å²) >= 11 is 1.66. The number of benzene rings is 2. The van der Waals surface area contributed by atoms with E-state index in [-0.39, 0.29) is 6.54 Å². The molecular weight excluding hydrogens is 297 g/mol. The summed E-state index contributed by atoms with van der Waals surface area (Å²) in [4.78, 5) is 0. The number of alkyl halides is 1. The molecule has 1 aromatic heterocycles. The van der Waals surface area contributed by atoms with Crippen molar-refractivity contribution in [3.63, 3.8) is 0 Å². The van der Waals surface area contributed by atoms with Gasteiger partial charge in [-0.1, -0.05) is 36.4 Å². The van der Waals surface area contributed by atoms with Crippen LogP contribution in [0.1, 0.15) is 11.7 Å². The third-order valence-electron chi connectivity index (χ3n) is 3.57. The molecule has 22 heavy (non-hydrogen) atoms. The first-order chi connectivity index (χ1) is 10.8. The molecule has 0 aliphatic carbocycles. The molecule has 0 unspecified atom stereocenters. The molecule has 2 atom stereocenters. The molecule has 0 amide bonds. The van der Waals surface area contributed by atoms with Crippen LogP contribution in [0, 0.1) is 0 Å². The van der Waals surface area contributed by atoms with Gasteiger partial charge in [0.15, 0.2) is 12.3 Å². The second-order valence-corrected chi connectivity index (χ2v) is 6.06. The Balaban J connectivity index is 1.94. The van der Waals surface area contributed by atoms with Crippen molar-refractivity contribution in [2.75, 3.05) is 13.6 Å². The minimum Gasteiger partial charge on any atom is -0.482 e. The zero-order valence-corrected chi connectivity index (χ0v) is 13.1. The van der Waals surface area contributed by atoms with Crippen molar-refractivity contribution in [3.8, 4) is 5.75 Å². The fourth-order valence-corrected chi connectivity index (χ4v) is 3.30. The predicted molar refractivity (Wildman–Crippen MR) is 90.5 cm³/mol. The molecule has 1 N–H and O–H groups in total. The molecule has 0 saturated heterocycles. The number of rotatable bonds is 6. The molecule has 0 aliphatic heterocycles. The van der Waals surface area contributed by atoms with Crippen molar-refractivity contribution in [1.29, 1.82) is 0 Å². The van der Waals surface area contributed by atoms with Crippen LogP contribution in [0.5, 0.6) is 5.75 Å². The number of hydrogen-bond donors (Lipinski definition) is 1. The molecule has 1 heterocycles. The molecule has 0 bridgehead atoms.